The predicted octanol–water partition coefficient (Wildman–Crippen LogP) is 3.20. The average Bonchev–Trinajstić information content (AvgIpc) is 2.57. The third kappa shape index (κ3) is 6.13. The van der Waals surface area contributed by atoms with Gasteiger partial charge in [0.05, 0.1) is 6.61 Å². The van der Waals surface area contributed by atoms with Crippen LogP contribution in [0.3, 0.4) is 0 Å². The molecule has 25 heavy (non-hydrogen) atoms. The maximum Gasteiger partial charge on any atom is 0.246 e. The Bertz CT molecular complexity index is 659. The summed E-state index contributed by atoms with van der Waals surface area (Å²) in [4.78, 5) is 0.152. The summed E-state index contributed by atoms with van der Waals surface area (Å²) in [6, 6.07) is 5.00. The van der Waals surface area contributed by atoms with Crippen molar-refractivity contribution in [2.45, 2.75) is 45.4 Å². The lowest BCUT2D eigenvalue weighted by molar-refractivity contribution is 0.329. The summed E-state index contributed by atoms with van der Waals surface area (Å²) in [5.74, 6) is 0.352. The van der Waals surface area contributed by atoms with Crippen molar-refractivity contribution >= 4 is 33.0 Å². The zero-order chi connectivity index (χ0) is 18.9. The number of hydrogen-bond donors (Lipinski definition) is 2. The van der Waals surface area contributed by atoms with E-state index in [1.54, 1.807) is 18.2 Å². The molecule has 0 aliphatic rings. The molecule has 1 aromatic rings. The second-order valence-electron chi connectivity index (χ2n) is 5.42. The molecule has 0 aromatic heterocycles. The summed E-state index contributed by atoms with van der Waals surface area (Å²) in [6.07, 6.45) is 2.09. The monoisotopic (exact) mass is 387 g/mol. The van der Waals surface area contributed by atoms with Crippen molar-refractivity contribution in [1.29, 1.82) is 0 Å². The van der Waals surface area contributed by atoms with Gasteiger partial charge in [0, 0.05) is 25.3 Å². The predicted molar refractivity (Wildman–Crippen MR) is 107 cm³/mol. The van der Waals surface area contributed by atoms with Crippen molar-refractivity contribution in [2.24, 2.45) is 0 Å². The molecular weight excluding hydrogens is 358 g/mol. The van der Waals surface area contributed by atoms with Gasteiger partial charge in [0.1, 0.15) is 10.6 Å². The quantitative estimate of drug-likeness (QED) is 0.475. The van der Waals surface area contributed by atoms with Crippen LogP contribution < -0.4 is 15.4 Å². The van der Waals surface area contributed by atoms with Crippen LogP contribution in [-0.2, 0) is 10.0 Å². The second-order valence-corrected chi connectivity index (χ2v) is 7.73. The fourth-order valence-electron chi connectivity index (χ4n) is 2.32. The van der Waals surface area contributed by atoms with Crippen molar-refractivity contribution in [2.75, 3.05) is 31.6 Å². The van der Waals surface area contributed by atoms with Crippen molar-refractivity contribution < 1.29 is 13.2 Å². The lowest BCUT2D eigenvalue weighted by atomic mass is 10.3. The molecule has 0 heterocycles. The standard InChI is InChI=1S/C17H29N3O3S2/c1-5-9-12-18-17(24)19-14-10-11-15(23-8-4)16(13-14)25(21,22)20(6-2)7-3/h10-11,13H,5-9,12H2,1-4H3,(H2,18,19,24). The Morgan fingerprint density at radius 2 is 1.88 bits per heavy atom. The zero-order valence-electron chi connectivity index (χ0n) is 15.5. The molecular formula is C17H29N3O3S2. The number of nitrogens with zero attached hydrogens (tertiary/aromatic N) is 1. The molecule has 0 bridgehead atoms. The normalized spacial score (nSPS) is 11.4. The van der Waals surface area contributed by atoms with Gasteiger partial charge in [0.25, 0.3) is 0 Å². The number of thiocarbonyl (C=S) groups is 1. The molecule has 0 atom stereocenters. The maximum absolute atomic E-state index is 12.9. The van der Waals surface area contributed by atoms with E-state index in [0.29, 0.717) is 36.2 Å². The van der Waals surface area contributed by atoms with Crippen LogP contribution in [0.2, 0.25) is 0 Å². The second kappa shape index (κ2) is 10.6. The minimum absolute atomic E-state index is 0.152. The van der Waals surface area contributed by atoms with Crippen molar-refractivity contribution in [3.63, 3.8) is 0 Å². The van der Waals surface area contributed by atoms with Crippen LogP contribution in [0.25, 0.3) is 0 Å². The Morgan fingerprint density at radius 3 is 2.44 bits per heavy atom. The number of rotatable bonds is 10. The highest BCUT2D eigenvalue weighted by Gasteiger charge is 2.26. The lowest BCUT2D eigenvalue weighted by Crippen LogP contribution is -2.31. The topological polar surface area (TPSA) is 70.7 Å². The molecule has 0 saturated heterocycles. The number of unbranched alkanes of at least 4 members (excludes halogenated alkanes) is 1. The molecule has 0 aliphatic carbocycles. The van der Waals surface area contributed by atoms with E-state index in [2.05, 4.69) is 17.6 Å². The summed E-state index contributed by atoms with van der Waals surface area (Å²) in [5, 5.41) is 6.62. The Kier molecular flexibility index (Phi) is 9.16. The first kappa shape index (κ1) is 21.7. The van der Waals surface area contributed by atoms with Gasteiger partial charge in [-0.25, -0.2) is 8.42 Å². The lowest BCUT2D eigenvalue weighted by Gasteiger charge is -2.21. The average molecular weight is 388 g/mol. The van der Waals surface area contributed by atoms with Crippen LogP contribution >= 0.6 is 12.2 Å². The molecule has 0 fully saturated rings. The van der Waals surface area contributed by atoms with Crippen LogP contribution in [0.15, 0.2) is 23.1 Å². The molecule has 8 heteroatoms. The minimum Gasteiger partial charge on any atom is -0.492 e. The van der Waals surface area contributed by atoms with Gasteiger partial charge in [-0.15, -0.1) is 0 Å². The molecule has 1 rings (SSSR count). The van der Waals surface area contributed by atoms with Crippen molar-refractivity contribution in [3.8, 4) is 5.75 Å². The SMILES string of the molecule is CCCCNC(=S)Nc1ccc(OCC)c(S(=O)(=O)N(CC)CC)c1. The highest BCUT2D eigenvalue weighted by atomic mass is 32.2. The number of hydrogen-bond acceptors (Lipinski definition) is 4. The van der Waals surface area contributed by atoms with E-state index >= 15 is 0 Å². The Morgan fingerprint density at radius 1 is 1.20 bits per heavy atom. The molecule has 0 aliphatic heterocycles. The number of benzene rings is 1. The van der Waals surface area contributed by atoms with Gasteiger partial charge < -0.3 is 15.4 Å². The van der Waals surface area contributed by atoms with E-state index in [9.17, 15) is 8.42 Å². The smallest absolute Gasteiger partial charge is 0.246 e. The summed E-state index contributed by atoms with van der Waals surface area (Å²) in [5.41, 5.74) is 0.614. The van der Waals surface area contributed by atoms with Gasteiger partial charge in [-0.1, -0.05) is 27.2 Å². The molecule has 6 nitrogen and oxygen atoms in total. The summed E-state index contributed by atoms with van der Waals surface area (Å²) >= 11 is 5.25. The summed E-state index contributed by atoms with van der Waals surface area (Å²) < 4.78 is 32.7. The first-order valence-corrected chi connectivity index (χ1v) is 10.6. The molecule has 0 amide bonds. The zero-order valence-corrected chi connectivity index (χ0v) is 17.1. The molecule has 0 spiro atoms. The third-order valence-corrected chi connectivity index (χ3v) is 5.96. The van der Waals surface area contributed by atoms with E-state index in [-0.39, 0.29) is 4.90 Å². The fourth-order valence-corrected chi connectivity index (χ4v) is 4.15. The maximum atomic E-state index is 12.9. The Balaban J connectivity index is 3.11. The highest BCUT2D eigenvalue weighted by molar-refractivity contribution is 7.89. The highest BCUT2D eigenvalue weighted by Crippen LogP contribution is 2.30. The number of sulfonamides is 1. The molecule has 0 saturated carbocycles. The minimum atomic E-state index is -3.63. The van der Waals surface area contributed by atoms with Crippen molar-refractivity contribution in [3.05, 3.63) is 18.2 Å². The largest absolute Gasteiger partial charge is 0.492 e. The van der Waals surface area contributed by atoms with Gasteiger partial charge >= 0.3 is 0 Å². The van der Waals surface area contributed by atoms with Gasteiger partial charge in [0.15, 0.2) is 5.11 Å². The van der Waals surface area contributed by atoms with Crippen LogP contribution in [-0.4, -0.2) is 44.1 Å². The van der Waals surface area contributed by atoms with E-state index in [1.807, 2.05) is 20.8 Å². The molecule has 1 aromatic carbocycles. The molecule has 0 radical (unpaired) electrons. The van der Waals surface area contributed by atoms with E-state index in [0.717, 1.165) is 19.4 Å². The number of anilines is 1. The summed E-state index contributed by atoms with van der Waals surface area (Å²) in [7, 11) is -3.63. The van der Waals surface area contributed by atoms with E-state index in [4.69, 9.17) is 17.0 Å². The Hall–Kier alpha value is -1.38. The molecule has 2 N–H and O–H groups in total. The third-order valence-electron chi connectivity index (χ3n) is 3.64. The van der Waals surface area contributed by atoms with Gasteiger partial charge in [0.2, 0.25) is 10.0 Å². The van der Waals surface area contributed by atoms with Crippen LogP contribution in [0.5, 0.6) is 5.75 Å². The first-order valence-electron chi connectivity index (χ1n) is 8.72. The van der Waals surface area contributed by atoms with E-state index < -0.39 is 10.0 Å². The van der Waals surface area contributed by atoms with E-state index in [1.165, 1.54) is 4.31 Å². The molecule has 0 unspecified atom stereocenters. The van der Waals surface area contributed by atoms with Gasteiger partial charge in [-0.2, -0.15) is 4.31 Å². The number of ether oxygens (including phenoxy) is 1. The number of nitrogens with one attached hydrogen (secondary N) is 2. The first-order chi connectivity index (χ1) is 11.9. The van der Waals surface area contributed by atoms with Crippen molar-refractivity contribution in [1.82, 2.24) is 9.62 Å². The van der Waals surface area contributed by atoms with Gasteiger partial charge in [-0.05, 0) is 43.8 Å². The van der Waals surface area contributed by atoms with Crippen LogP contribution in [0.4, 0.5) is 5.69 Å². The summed E-state index contributed by atoms with van der Waals surface area (Å²) in [6.45, 7) is 9.54. The van der Waals surface area contributed by atoms with Crippen LogP contribution in [0.1, 0.15) is 40.5 Å². The van der Waals surface area contributed by atoms with Gasteiger partial charge in [-0.3, -0.25) is 0 Å². The fraction of sp³-hybridized carbons (Fsp3) is 0.588. The van der Waals surface area contributed by atoms with Crippen LogP contribution in [0, 0.1) is 0 Å². The molecule has 142 valence electrons. The Labute approximate surface area is 157 Å².